The fraction of sp³-hybridized carbons (Fsp3) is 0.452. The van der Waals surface area contributed by atoms with Crippen LogP contribution in [0.2, 0.25) is 0 Å². The Bertz CT molecular complexity index is 1500. The first kappa shape index (κ1) is 29.2. The minimum atomic E-state index is -4.65. The van der Waals surface area contributed by atoms with Crippen LogP contribution in [0.5, 0.6) is 11.6 Å². The molecule has 2 saturated heterocycles. The van der Waals surface area contributed by atoms with Gasteiger partial charge in [0, 0.05) is 43.5 Å². The highest BCUT2D eigenvalue weighted by Crippen LogP contribution is 2.50. The third-order valence-electron chi connectivity index (χ3n) is 8.41. The summed E-state index contributed by atoms with van der Waals surface area (Å²) in [6.45, 7) is 4.61. The molecular formula is C31H33F4N5O3. The maximum Gasteiger partial charge on any atom is 0.418 e. The Labute approximate surface area is 247 Å². The number of anilines is 1. The van der Waals surface area contributed by atoms with E-state index >= 15 is 0 Å². The number of likely N-dealkylation sites (N-methyl/N-ethyl adjacent to an activating group) is 1. The maximum absolute atomic E-state index is 13.6. The second kappa shape index (κ2) is 11.3. The number of likely N-dealkylation sites (tertiary alicyclic amines) is 1. The van der Waals surface area contributed by atoms with Crippen molar-refractivity contribution in [2.45, 2.75) is 44.5 Å². The summed E-state index contributed by atoms with van der Waals surface area (Å²) in [6, 6.07) is 9.93. The number of hydrogen-bond acceptors (Lipinski definition) is 7. The lowest BCUT2D eigenvalue weighted by Gasteiger charge is -2.50. The third kappa shape index (κ3) is 5.97. The molecule has 3 aromatic rings. The van der Waals surface area contributed by atoms with Gasteiger partial charge >= 0.3 is 6.18 Å². The number of alkyl halides is 3. The predicted molar refractivity (Wildman–Crippen MR) is 152 cm³/mol. The summed E-state index contributed by atoms with van der Waals surface area (Å²) < 4.78 is 66.4. The van der Waals surface area contributed by atoms with Crippen LogP contribution in [-0.4, -0.2) is 72.8 Å². The van der Waals surface area contributed by atoms with Crippen molar-refractivity contribution >= 4 is 11.6 Å². The summed E-state index contributed by atoms with van der Waals surface area (Å²) in [7, 11) is 1.98. The molecule has 0 bridgehead atoms. The van der Waals surface area contributed by atoms with E-state index in [0.29, 0.717) is 61.5 Å². The zero-order chi connectivity index (χ0) is 30.4. The molecule has 2 aliphatic heterocycles. The number of aromatic nitrogens is 2. The Morgan fingerprint density at radius 2 is 1.95 bits per heavy atom. The molecule has 1 unspecified atom stereocenters. The average molecular weight is 600 g/mol. The molecule has 1 amide bonds. The molecular weight excluding hydrogens is 566 g/mol. The summed E-state index contributed by atoms with van der Waals surface area (Å²) >= 11 is 0. The monoisotopic (exact) mass is 599 g/mol. The van der Waals surface area contributed by atoms with E-state index in [2.05, 4.69) is 15.2 Å². The van der Waals surface area contributed by atoms with Crippen molar-refractivity contribution in [1.29, 1.82) is 0 Å². The van der Waals surface area contributed by atoms with Gasteiger partial charge in [-0.3, -0.25) is 4.79 Å². The first-order valence-electron chi connectivity index (χ1n) is 14.4. The zero-order valence-corrected chi connectivity index (χ0v) is 24.0. The van der Waals surface area contributed by atoms with Crippen LogP contribution in [0.1, 0.15) is 42.2 Å². The van der Waals surface area contributed by atoms with Gasteiger partial charge in [0.25, 0.3) is 5.91 Å². The van der Waals surface area contributed by atoms with Crippen molar-refractivity contribution in [2.24, 2.45) is 5.41 Å². The molecule has 4 heterocycles. The van der Waals surface area contributed by atoms with E-state index in [1.54, 1.807) is 29.3 Å². The molecule has 1 aliphatic carbocycles. The lowest BCUT2D eigenvalue weighted by Crippen LogP contribution is -2.57. The van der Waals surface area contributed by atoms with E-state index in [-0.39, 0.29) is 34.8 Å². The first-order valence-corrected chi connectivity index (χ1v) is 14.4. The Hall–Kier alpha value is -3.93. The molecule has 8 nitrogen and oxygen atoms in total. The molecule has 6 rings (SSSR count). The fourth-order valence-corrected chi connectivity index (χ4v) is 6.40. The SMILES string of the molecule is CCOc1ncccc1-c1ccc(OC2CCC3(C2)CN(c2ccc(F)cc2C(F)(F)F)C3)c(C(=O)NC2CN(C)C2)n1. The minimum absolute atomic E-state index is 0.00824. The van der Waals surface area contributed by atoms with Gasteiger partial charge in [0.05, 0.1) is 35.6 Å². The summed E-state index contributed by atoms with van der Waals surface area (Å²) in [5.74, 6) is -0.482. The number of nitrogens with one attached hydrogen (secondary N) is 1. The van der Waals surface area contributed by atoms with Gasteiger partial charge in [0.1, 0.15) is 5.82 Å². The van der Waals surface area contributed by atoms with Gasteiger partial charge in [-0.05, 0) is 75.7 Å². The number of amides is 1. The van der Waals surface area contributed by atoms with Crippen LogP contribution in [0.3, 0.4) is 0 Å². The molecule has 2 aromatic heterocycles. The molecule has 1 aromatic carbocycles. The quantitative estimate of drug-likeness (QED) is 0.358. The van der Waals surface area contributed by atoms with Crippen molar-refractivity contribution in [3.63, 3.8) is 0 Å². The molecule has 1 spiro atoms. The second-order valence-electron chi connectivity index (χ2n) is 11.7. The number of pyridine rings is 2. The van der Waals surface area contributed by atoms with Crippen LogP contribution in [0.15, 0.2) is 48.7 Å². The van der Waals surface area contributed by atoms with E-state index < -0.39 is 17.6 Å². The highest BCUT2D eigenvalue weighted by atomic mass is 19.4. The van der Waals surface area contributed by atoms with Crippen molar-refractivity contribution in [3.8, 4) is 22.9 Å². The summed E-state index contributed by atoms with van der Waals surface area (Å²) in [5, 5.41) is 3.04. The Balaban J connectivity index is 1.19. The summed E-state index contributed by atoms with van der Waals surface area (Å²) in [5.41, 5.74) is 0.158. The van der Waals surface area contributed by atoms with Crippen molar-refractivity contribution in [3.05, 3.63) is 65.7 Å². The van der Waals surface area contributed by atoms with Crippen molar-refractivity contribution < 1.29 is 31.8 Å². The molecule has 1 atom stereocenters. The Kier molecular flexibility index (Phi) is 7.66. The third-order valence-corrected chi connectivity index (χ3v) is 8.41. The van der Waals surface area contributed by atoms with E-state index in [0.717, 1.165) is 25.6 Å². The largest absolute Gasteiger partial charge is 0.488 e. The van der Waals surface area contributed by atoms with Gasteiger partial charge in [0.15, 0.2) is 11.4 Å². The fourth-order valence-electron chi connectivity index (χ4n) is 6.40. The molecule has 3 aliphatic rings. The summed E-state index contributed by atoms with van der Waals surface area (Å²) in [4.78, 5) is 26.2. The molecule has 1 N–H and O–H groups in total. The van der Waals surface area contributed by atoms with Gasteiger partial charge in [-0.1, -0.05) is 0 Å². The van der Waals surface area contributed by atoms with Crippen molar-refractivity contribution in [2.75, 3.05) is 44.7 Å². The zero-order valence-electron chi connectivity index (χ0n) is 24.0. The van der Waals surface area contributed by atoms with Crippen LogP contribution < -0.4 is 19.7 Å². The van der Waals surface area contributed by atoms with E-state index in [1.807, 2.05) is 20.0 Å². The topological polar surface area (TPSA) is 79.8 Å². The van der Waals surface area contributed by atoms with Gasteiger partial charge in [-0.15, -0.1) is 0 Å². The number of carbonyl (C=O) groups is 1. The molecule has 0 radical (unpaired) electrons. The van der Waals surface area contributed by atoms with E-state index in [4.69, 9.17) is 14.5 Å². The van der Waals surface area contributed by atoms with Gasteiger partial charge in [-0.25, -0.2) is 14.4 Å². The normalized spacial score (nSPS) is 20.0. The van der Waals surface area contributed by atoms with Crippen LogP contribution in [0.25, 0.3) is 11.3 Å². The summed E-state index contributed by atoms with van der Waals surface area (Å²) in [6.07, 6.45) is -1.17. The predicted octanol–water partition coefficient (Wildman–Crippen LogP) is 5.18. The molecule has 3 fully saturated rings. The van der Waals surface area contributed by atoms with E-state index in [9.17, 15) is 22.4 Å². The van der Waals surface area contributed by atoms with Crippen molar-refractivity contribution in [1.82, 2.24) is 20.2 Å². The van der Waals surface area contributed by atoms with Gasteiger partial charge in [0.2, 0.25) is 5.88 Å². The Morgan fingerprint density at radius 3 is 2.67 bits per heavy atom. The number of hydrogen-bond donors (Lipinski definition) is 1. The van der Waals surface area contributed by atoms with E-state index in [1.165, 1.54) is 6.07 Å². The molecule has 12 heteroatoms. The molecule has 228 valence electrons. The highest BCUT2D eigenvalue weighted by molar-refractivity contribution is 5.96. The molecule has 43 heavy (non-hydrogen) atoms. The lowest BCUT2D eigenvalue weighted by molar-refractivity contribution is -0.137. The molecule has 1 saturated carbocycles. The van der Waals surface area contributed by atoms with Gasteiger partial charge in [-0.2, -0.15) is 13.2 Å². The number of carbonyl (C=O) groups excluding carboxylic acids is 1. The standard InChI is InChI=1S/C31H33F4N5O3/c1-3-42-29-22(5-4-12-36-29)24-7-9-26(27(38-24)28(41)37-20-15-39(2)16-20)43-21-10-11-30(14-21)17-40(18-30)25-8-6-19(32)13-23(25)31(33,34)35/h4-9,12-13,20-21H,3,10-11,14-18H2,1-2H3,(H,37,41). The minimum Gasteiger partial charge on any atom is -0.488 e. The second-order valence-corrected chi connectivity index (χ2v) is 11.7. The average Bonchev–Trinajstić information content (AvgIpc) is 3.36. The lowest BCUT2D eigenvalue weighted by atomic mass is 9.77. The van der Waals surface area contributed by atoms with Gasteiger partial charge < -0.3 is 24.6 Å². The number of ether oxygens (including phenoxy) is 2. The van der Waals surface area contributed by atoms with Crippen LogP contribution >= 0.6 is 0 Å². The number of benzene rings is 1. The smallest absolute Gasteiger partial charge is 0.418 e. The highest BCUT2D eigenvalue weighted by Gasteiger charge is 2.50. The number of rotatable bonds is 8. The van der Waals surface area contributed by atoms with Crippen LogP contribution in [0, 0.1) is 11.2 Å². The Morgan fingerprint density at radius 1 is 1.16 bits per heavy atom. The first-order chi connectivity index (χ1) is 20.5. The maximum atomic E-state index is 13.6. The number of nitrogens with zero attached hydrogens (tertiary/aromatic N) is 4. The number of halogens is 4. The van der Waals surface area contributed by atoms with Crippen LogP contribution in [-0.2, 0) is 6.18 Å². The van der Waals surface area contributed by atoms with Crippen LogP contribution in [0.4, 0.5) is 23.2 Å².